The minimum Gasteiger partial charge on any atom is -0.357 e. The quantitative estimate of drug-likeness (QED) is 0.302. The number of aliphatic imine (C=N–C) groups is 1. The van der Waals surface area contributed by atoms with Crippen LogP contribution in [-0.4, -0.2) is 30.6 Å². The van der Waals surface area contributed by atoms with Gasteiger partial charge in [-0.2, -0.15) is 0 Å². The zero-order chi connectivity index (χ0) is 15.5. The summed E-state index contributed by atoms with van der Waals surface area (Å²) in [6, 6.07) is 6.01. The van der Waals surface area contributed by atoms with Gasteiger partial charge in [-0.3, -0.25) is 9.98 Å². The van der Waals surface area contributed by atoms with Crippen LogP contribution in [0.25, 0.3) is 0 Å². The SMILES string of the molecule is CCNC(=NCCc1ccccn1)NCCC1=CCCCC1.I. The smallest absolute Gasteiger partial charge is 0.191 e. The van der Waals surface area contributed by atoms with Crippen molar-refractivity contribution in [2.24, 2.45) is 4.99 Å². The van der Waals surface area contributed by atoms with E-state index in [-0.39, 0.29) is 24.0 Å². The van der Waals surface area contributed by atoms with Gasteiger partial charge in [-0.25, -0.2) is 0 Å². The maximum atomic E-state index is 4.63. The van der Waals surface area contributed by atoms with Gasteiger partial charge in [0.25, 0.3) is 0 Å². The van der Waals surface area contributed by atoms with E-state index in [1.54, 1.807) is 5.57 Å². The molecule has 128 valence electrons. The van der Waals surface area contributed by atoms with E-state index in [2.05, 4.69) is 33.6 Å². The highest BCUT2D eigenvalue weighted by molar-refractivity contribution is 14.0. The molecule has 0 spiro atoms. The summed E-state index contributed by atoms with van der Waals surface area (Å²) < 4.78 is 0. The van der Waals surface area contributed by atoms with E-state index in [9.17, 15) is 0 Å². The summed E-state index contributed by atoms with van der Waals surface area (Å²) in [5.41, 5.74) is 2.69. The molecule has 0 aliphatic heterocycles. The predicted molar refractivity (Wildman–Crippen MR) is 109 cm³/mol. The molecule has 1 aliphatic carbocycles. The molecule has 0 atom stereocenters. The van der Waals surface area contributed by atoms with Crippen molar-refractivity contribution in [3.8, 4) is 0 Å². The van der Waals surface area contributed by atoms with Crippen LogP contribution in [0.2, 0.25) is 0 Å². The molecule has 0 saturated carbocycles. The number of pyridine rings is 1. The van der Waals surface area contributed by atoms with Crippen LogP contribution in [0.3, 0.4) is 0 Å². The van der Waals surface area contributed by atoms with Gasteiger partial charge in [-0.05, 0) is 51.2 Å². The third kappa shape index (κ3) is 8.34. The van der Waals surface area contributed by atoms with Gasteiger partial charge in [0.2, 0.25) is 0 Å². The Morgan fingerprint density at radius 3 is 2.83 bits per heavy atom. The zero-order valence-electron chi connectivity index (χ0n) is 14.1. The van der Waals surface area contributed by atoms with Crippen molar-refractivity contribution in [1.82, 2.24) is 15.6 Å². The third-order valence-electron chi connectivity index (χ3n) is 3.83. The summed E-state index contributed by atoms with van der Waals surface area (Å²) in [7, 11) is 0. The van der Waals surface area contributed by atoms with Gasteiger partial charge in [0.05, 0.1) is 0 Å². The Hall–Kier alpha value is -1.11. The molecule has 0 aromatic carbocycles. The van der Waals surface area contributed by atoms with E-state index >= 15 is 0 Å². The first-order chi connectivity index (χ1) is 10.9. The molecule has 2 N–H and O–H groups in total. The lowest BCUT2D eigenvalue weighted by molar-refractivity contribution is 0.665. The van der Waals surface area contributed by atoms with Crippen LogP contribution in [0.5, 0.6) is 0 Å². The Bertz CT molecular complexity index is 485. The normalized spacial score (nSPS) is 14.7. The summed E-state index contributed by atoms with van der Waals surface area (Å²) in [5, 5.41) is 6.74. The van der Waals surface area contributed by atoms with Gasteiger partial charge in [-0.15, -0.1) is 24.0 Å². The van der Waals surface area contributed by atoms with E-state index in [0.717, 1.165) is 44.1 Å². The Labute approximate surface area is 157 Å². The molecule has 1 aromatic rings. The second kappa shape index (κ2) is 12.3. The Morgan fingerprint density at radius 2 is 2.13 bits per heavy atom. The summed E-state index contributed by atoms with van der Waals surface area (Å²) in [5.74, 6) is 0.912. The molecule has 0 radical (unpaired) electrons. The predicted octanol–water partition coefficient (Wildman–Crippen LogP) is 3.69. The van der Waals surface area contributed by atoms with E-state index in [4.69, 9.17) is 0 Å². The standard InChI is InChI=1S/C18H28N4.HI/c1-2-19-18(21-14-11-16-8-4-3-5-9-16)22-15-12-17-10-6-7-13-20-17;/h6-8,10,13H,2-5,9,11-12,14-15H2,1H3,(H2,19,21,22);1H. The molecule has 23 heavy (non-hydrogen) atoms. The largest absolute Gasteiger partial charge is 0.357 e. The number of aromatic nitrogens is 1. The van der Waals surface area contributed by atoms with Crippen LogP contribution in [-0.2, 0) is 6.42 Å². The van der Waals surface area contributed by atoms with Crippen molar-refractivity contribution < 1.29 is 0 Å². The minimum absolute atomic E-state index is 0. The number of rotatable bonds is 7. The first-order valence-electron chi connectivity index (χ1n) is 8.48. The third-order valence-corrected chi connectivity index (χ3v) is 3.83. The van der Waals surface area contributed by atoms with Gasteiger partial charge in [0.1, 0.15) is 0 Å². The Morgan fingerprint density at radius 1 is 1.22 bits per heavy atom. The Kier molecular flexibility index (Phi) is 10.7. The fraction of sp³-hybridized carbons (Fsp3) is 0.556. The van der Waals surface area contributed by atoms with Crippen LogP contribution < -0.4 is 10.6 Å². The number of nitrogens with one attached hydrogen (secondary N) is 2. The number of halogens is 1. The second-order valence-corrected chi connectivity index (χ2v) is 5.62. The second-order valence-electron chi connectivity index (χ2n) is 5.62. The molecule has 1 aromatic heterocycles. The monoisotopic (exact) mass is 428 g/mol. The van der Waals surface area contributed by atoms with Gasteiger partial charge < -0.3 is 10.6 Å². The van der Waals surface area contributed by atoms with E-state index in [1.807, 2.05) is 24.4 Å². The molecule has 1 heterocycles. The lowest BCUT2D eigenvalue weighted by Gasteiger charge is -2.15. The number of nitrogens with zero attached hydrogens (tertiary/aromatic N) is 2. The Balaban J connectivity index is 0.00000264. The lowest BCUT2D eigenvalue weighted by Crippen LogP contribution is -2.38. The first-order valence-corrected chi connectivity index (χ1v) is 8.48. The van der Waals surface area contributed by atoms with Crippen LogP contribution in [0.1, 0.15) is 44.7 Å². The summed E-state index contributed by atoms with van der Waals surface area (Å²) >= 11 is 0. The van der Waals surface area contributed by atoms with Crippen LogP contribution in [0.4, 0.5) is 0 Å². The number of guanidine groups is 1. The molecular weight excluding hydrogens is 399 g/mol. The molecule has 0 saturated heterocycles. The highest BCUT2D eigenvalue weighted by Gasteiger charge is 2.04. The molecular formula is C18H29IN4. The maximum Gasteiger partial charge on any atom is 0.191 e. The average Bonchev–Trinajstić information content (AvgIpc) is 2.57. The number of hydrogen-bond acceptors (Lipinski definition) is 2. The van der Waals surface area contributed by atoms with E-state index in [0.29, 0.717) is 0 Å². The lowest BCUT2D eigenvalue weighted by atomic mass is 9.97. The molecule has 0 fully saturated rings. The van der Waals surface area contributed by atoms with Crippen LogP contribution >= 0.6 is 24.0 Å². The maximum absolute atomic E-state index is 4.63. The molecule has 0 amide bonds. The van der Waals surface area contributed by atoms with Crippen molar-refractivity contribution in [2.45, 2.75) is 45.4 Å². The van der Waals surface area contributed by atoms with Gasteiger partial charge in [0.15, 0.2) is 5.96 Å². The minimum atomic E-state index is 0. The zero-order valence-corrected chi connectivity index (χ0v) is 16.4. The van der Waals surface area contributed by atoms with Crippen molar-refractivity contribution >= 4 is 29.9 Å². The molecule has 5 heteroatoms. The van der Waals surface area contributed by atoms with Crippen molar-refractivity contribution in [3.05, 3.63) is 41.7 Å². The highest BCUT2D eigenvalue weighted by atomic mass is 127. The molecule has 1 aliphatic rings. The number of allylic oxidation sites excluding steroid dienone is 1. The molecule has 0 unspecified atom stereocenters. The van der Waals surface area contributed by atoms with Crippen LogP contribution in [0.15, 0.2) is 41.0 Å². The van der Waals surface area contributed by atoms with Crippen molar-refractivity contribution in [2.75, 3.05) is 19.6 Å². The van der Waals surface area contributed by atoms with Crippen molar-refractivity contribution in [3.63, 3.8) is 0 Å². The average molecular weight is 428 g/mol. The van der Waals surface area contributed by atoms with Crippen LogP contribution in [0, 0.1) is 0 Å². The van der Waals surface area contributed by atoms with Gasteiger partial charge in [-0.1, -0.05) is 17.7 Å². The molecule has 0 bridgehead atoms. The van der Waals surface area contributed by atoms with Gasteiger partial charge in [0, 0.05) is 37.9 Å². The van der Waals surface area contributed by atoms with E-state index in [1.165, 1.54) is 25.7 Å². The highest BCUT2D eigenvalue weighted by Crippen LogP contribution is 2.19. The molecule has 4 nitrogen and oxygen atoms in total. The summed E-state index contributed by atoms with van der Waals surface area (Å²) in [6.07, 6.45) is 11.5. The molecule has 2 rings (SSSR count). The first kappa shape index (κ1) is 19.9. The van der Waals surface area contributed by atoms with Gasteiger partial charge >= 0.3 is 0 Å². The summed E-state index contributed by atoms with van der Waals surface area (Å²) in [6.45, 7) is 4.70. The van der Waals surface area contributed by atoms with Crippen molar-refractivity contribution in [1.29, 1.82) is 0 Å². The fourth-order valence-electron chi connectivity index (χ4n) is 2.64. The topological polar surface area (TPSA) is 49.3 Å². The number of hydrogen-bond donors (Lipinski definition) is 2. The van der Waals surface area contributed by atoms with E-state index < -0.39 is 0 Å². The fourth-order valence-corrected chi connectivity index (χ4v) is 2.64. The summed E-state index contributed by atoms with van der Waals surface area (Å²) in [4.78, 5) is 8.95.